The molecule has 9 heteroatoms. The highest BCUT2D eigenvalue weighted by Crippen LogP contribution is 2.42. The number of aryl methyl sites for hydroxylation is 3. The Morgan fingerprint density at radius 2 is 1.73 bits per heavy atom. The van der Waals surface area contributed by atoms with Crippen LogP contribution in [0.25, 0.3) is 32.8 Å². The number of benzene rings is 3. The molecule has 1 N–H and O–H groups in total. The zero-order chi connectivity index (χ0) is 36.9. The van der Waals surface area contributed by atoms with Gasteiger partial charge in [0.05, 0.1) is 34.1 Å². The van der Waals surface area contributed by atoms with Gasteiger partial charge in [0.25, 0.3) is 0 Å². The zero-order valence-electron chi connectivity index (χ0n) is 32.0. The van der Waals surface area contributed by atoms with E-state index in [0.29, 0.717) is 23.7 Å². The van der Waals surface area contributed by atoms with Crippen LogP contribution in [0.4, 0.5) is 0 Å². The smallest absolute Gasteiger partial charge is 0.166 e. The first-order valence-corrected chi connectivity index (χ1v) is 18.8. The fraction of sp³-hybridized carbons (Fsp3) is 0.476. The normalized spacial score (nSPS) is 17.0. The van der Waals surface area contributed by atoms with Crippen LogP contribution in [0.15, 0.2) is 54.6 Å². The molecule has 274 valence electrons. The lowest BCUT2D eigenvalue weighted by atomic mass is 9.98. The van der Waals surface area contributed by atoms with Gasteiger partial charge in [-0.1, -0.05) is 67.9 Å². The van der Waals surface area contributed by atoms with Gasteiger partial charge in [0.2, 0.25) is 0 Å². The van der Waals surface area contributed by atoms with Crippen molar-refractivity contribution in [2.45, 2.75) is 92.0 Å². The van der Waals surface area contributed by atoms with Crippen LogP contribution in [-0.2, 0) is 24.8 Å². The number of ether oxygens (including phenoxy) is 2. The van der Waals surface area contributed by atoms with E-state index in [1.807, 2.05) is 83.6 Å². The number of piperazine rings is 1. The molecule has 1 aliphatic carbocycles. The van der Waals surface area contributed by atoms with Crippen LogP contribution in [0.5, 0.6) is 5.75 Å². The average Bonchev–Trinajstić information content (AvgIpc) is 3.81. The van der Waals surface area contributed by atoms with E-state index in [2.05, 4.69) is 46.0 Å². The SMILES string of the molecule is CC.COC(C)(C)C.Cc1nn(C)c(C)c1-c1c(Cl)ccc2c(CCCOc3cccc4ccccc34)c(C=O)n(CCN3CCNC4CC43)c12. The highest BCUT2D eigenvalue weighted by atomic mass is 35.5. The first-order chi connectivity index (χ1) is 24.5. The van der Waals surface area contributed by atoms with E-state index in [9.17, 15) is 4.79 Å². The third-order valence-corrected chi connectivity index (χ3v) is 10.3. The molecule has 2 fully saturated rings. The molecule has 1 aliphatic heterocycles. The molecule has 0 amide bonds. The minimum Gasteiger partial charge on any atom is -0.493 e. The summed E-state index contributed by atoms with van der Waals surface area (Å²) >= 11 is 7.01. The number of nitrogens with zero attached hydrogens (tertiary/aromatic N) is 4. The van der Waals surface area contributed by atoms with E-state index >= 15 is 0 Å². The van der Waals surface area contributed by atoms with Crippen LogP contribution in [0, 0.1) is 13.8 Å². The Balaban J connectivity index is 0.000000574. The van der Waals surface area contributed by atoms with E-state index in [0.717, 1.165) is 101 Å². The number of hydrogen-bond acceptors (Lipinski definition) is 6. The summed E-state index contributed by atoms with van der Waals surface area (Å²) in [7, 11) is 3.67. The summed E-state index contributed by atoms with van der Waals surface area (Å²) in [4.78, 5) is 15.5. The van der Waals surface area contributed by atoms with Gasteiger partial charge in [-0.15, -0.1) is 0 Å². The second kappa shape index (κ2) is 16.8. The van der Waals surface area contributed by atoms with E-state index in [1.54, 1.807) is 7.11 Å². The maximum Gasteiger partial charge on any atom is 0.166 e. The molecule has 2 atom stereocenters. The lowest BCUT2D eigenvalue weighted by Crippen LogP contribution is -2.44. The number of halogens is 1. The van der Waals surface area contributed by atoms with Crippen LogP contribution in [0.3, 0.4) is 0 Å². The Bertz CT molecular complexity index is 1950. The Morgan fingerprint density at radius 3 is 2.41 bits per heavy atom. The predicted molar refractivity (Wildman–Crippen MR) is 212 cm³/mol. The number of carbonyl (C=O) groups excluding carboxylic acids is 1. The standard InChI is InChI=1S/C35H38ClN5O2.C5H12O.C2H6/c1-22-33(23(2)39(3)38-22)34-28(36)14-13-27-26(11-7-19-43-32-12-6-9-24-8-4-5-10-25(24)32)31(21-42)41(35(27)34)18-17-40-16-15-37-29-20-30(29)40;1-5(2,3)6-4;1-2/h4-6,8-10,12-14,21,29-30,37H,7,11,15-20H2,1-3H3;1-4H3;1-2H3. The molecule has 3 aromatic carbocycles. The number of nitrogens with one attached hydrogen (secondary N) is 1. The minimum absolute atomic E-state index is 0.0417. The monoisotopic (exact) mass is 713 g/mol. The number of aldehydes is 1. The van der Waals surface area contributed by atoms with Crippen molar-refractivity contribution in [2.24, 2.45) is 7.05 Å². The van der Waals surface area contributed by atoms with Crippen LogP contribution in [-0.4, -0.2) is 76.6 Å². The van der Waals surface area contributed by atoms with Crippen LogP contribution in [0.2, 0.25) is 5.02 Å². The summed E-state index contributed by atoms with van der Waals surface area (Å²) in [6.07, 6.45) is 3.76. The number of hydrogen-bond donors (Lipinski definition) is 1. The zero-order valence-corrected chi connectivity index (χ0v) is 32.7. The van der Waals surface area contributed by atoms with Gasteiger partial charge in [-0.25, -0.2) is 0 Å². The summed E-state index contributed by atoms with van der Waals surface area (Å²) in [6.45, 7) is 18.4. The first kappa shape index (κ1) is 38.5. The molecule has 0 spiro atoms. The summed E-state index contributed by atoms with van der Waals surface area (Å²) in [5.41, 5.74) is 6.88. The van der Waals surface area contributed by atoms with Crippen molar-refractivity contribution >= 4 is 39.6 Å². The third-order valence-electron chi connectivity index (χ3n) is 10.0. The second-order valence-electron chi connectivity index (χ2n) is 14.3. The summed E-state index contributed by atoms with van der Waals surface area (Å²) in [6, 6.07) is 19.7. The van der Waals surface area contributed by atoms with Crippen molar-refractivity contribution in [1.29, 1.82) is 0 Å². The summed E-state index contributed by atoms with van der Waals surface area (Å²) < 4.78 is 15.4. The molecule has 2 unspecified atom stereocenters. The first-order valence-electron chi connectivity index (χ1n) is 18.4. The Morgan fingerprint density at radius 1 is 1.00 bits per heavy atom. The molecule has 2 aliphatic rings. The lowest BCUT2D eigenvalue weighted by Gasteiger charge is -2.27. The third kappa shape index (κ3) is 8.52. The molecule has 0 bridgehead atoms. The fourth-order valence-corrected chi connectivity index (χ4v) is 7.38. The molecule has 7 rings (SSSR count). The minimum atomic E-state index is 0.0417. The molecule has 1 saturated heterocycles. The van der Waals surface area contributed by atoms with Gasteiger partial charge in [0.1, 0.15) is 5.75 Å². The number of carbonyl (C=O) groups is 1. The Hall–Kier alpha value is -3.69. The van der Waals surface area contributed by atoms with Gasteiger partial charge >= 0.3 is 0 Å². The van der Waals surface area contributed by atoms with Crippen molar-refractivity contribution in [1.82, 2.24) is 24.6 Å². The van der Waals surface area contributed by atoms with Crippen molar-refractivity contribution < 1.29 is 14.3 Å². The molecule has 2 aromatic heterocycles. The van der Waals surface area contributed by atoms with E-state index in [1.165, 1.54) is 11.8 Å². The van der Waals surface area contributed by atoms with Gasteiger partial charge in [0, 0.05) is 80.0 Å². The van der Waals surface area contributed by atoms with Crippen molar-refractivity contribution in [3.8, 4) is 16.9 Å². The van der Waals surface area contributed by atoms with E-state index in [-0.39, 0.29) is 5.60 Å². The molecule has 0 radical (unpaired) electrons. The molecule has 5 aromatic rings. The number of rotatable bonds is 10. The Labute approximate surface area is 309 Å². The van der Waals surface area contributed by atoms with E-state index in [4.69, 9.17) is 26.2 Å². The van der Waals surface area contributed by atoms with Crippen LogP contribution < -0.4 is 10.1 Å². The topological polar surface area (TPSA) is 73.5 Å². The van der Waals surface area contributed by atoms with Gasteiger partial charge in [-0.2, -0.15) is 5.10 Å². The molecule has 8 nitrogen and oxygen atoms in total. The average molecular weight is 714 g/mol. The predicted octanol–water partition coefficient (Wildman–Crippen LogP) is 8.79. The molecular formula is C42H56ClN5O3. The van der Waals surface area contributed by atoms with Crippen molar-refractivity contribution in [3.63, 3.8) is 0 Å². The van der Waals surface area contributed by atoms with Crippen molar-refractivity contribution in [2.75, 3.05) is 33.4 Å². The van der Waals surface area contributed by atoms with Gasteiger partial charge in [0.15, 0.2) is 6.29 Å². The number of aromatic nitrogens is 3. The summed E-state index contributed by atoms with van der Waals surface area (Å²) in [5.74, 6) is 0.891. The van der Waals surface area contributed by atoms with Gasteiger partial charge in [-0.3, -0.25) is 14.4 Å². The quantitative estimate of drug-likeness (QED) is 0.115. The van der Waals surface area contributed by atoms with Crippen molar-refractivity contribution in [3.05, 3.63) is 82.3 Å². The number of fused-ring (bicyclic) bond motifs is 3. The Kier molecular flexibility index (Phi) is 12.7. The van der Waals surface area contributed by atoms with Gasteiger partial charge in [-0.05, 0) is 77.0 Å². The lowest BCUT2D eigenvalue weighted by molar-refractivity contribution is 0.0397. The van der Waals surface area contributed by atoms with E-state index < -0.39 is 0 Å². The second-order valence-corrected chi connectivity index (χ2v) is 14.7. The maximum absolute atomic E-state index is 12.9. The van der Waals surface area contributed by atoms with Crippen LogP contribution in [0.1, 0.15) is 74.9 Å². The highest BCUT2D eigenvalue weighted by molar-refractivity contribution is 6.35. The highest BCUT2D eigenvalue weighted by Gasteiger charge is 2.43. The maximum atomic E-state index is 12.9. The fourth-order valence-electron chi connectivity index (χ4n) is 7.14. The van der Waals surface area contributed by atoms with Gasteiger partial charge < -0.3 is 19.4 Å². The molecular weight excluding hydrogens is 658 g/mol. The van der Waals surface area contributed by atoms with Crippen LogP contribution >= 0.6 is 11.6 Å². The summed E-state index contributed by atoms with van der Waals surface area (Å²) in [5, 5.41) is 12.3. The molecule has 51 heavy (non-hydrogen) atoms. The number of methoxy groups -OCH3 is 1. The largest absolute Gasteiger partial charge is 0.493 e. The molecule has 1 saturated carbocycles. The molecule has 3 heterocycles.